The van der Waals surface area contributed by atoms with Crippen LogP contribution >= 0.6 is 11.8 Å². The molecule has 0 N–H and O–H groups in total. The van der Waals surface area contributed by atoms with Gasteiger partial charge in [0.15, 0.2) is 0 Å². The molecule has 168 valence electrons. The van der Waals surface area contributed by atoms with Crippen molar-refractivity contribution < 1.29 is 9.90 Å². The first kappa shape index (κ1) is 30.8. The minimum absolute atomic E-state index is 0.146. The van der Waals surface area contributed by atoms with E-state index in [2.05, 4.69) is 55.4 Å². The number of thioether (sulfide) groups is 1. The molecule has 0 aliphatic heterocycles. The fraction of sp³-hybridized carbons (Fsp3) is 0.958. The monoisotopic (exact) mass is 522 g/mol. The maximum absolute atomic E-state index is 10.1. The van der Waals surface area contributed by atoms with Gasteiger partial charge < -0.3 is 9.90 Å². The maximum atomic E-state index is 10.1. The number of unbranched alkanes of at least 4 members (excludes halogenated alkanes) is 4. The van der Waals surface area contributed by atoms with Crippen molar-refractivity contribution in [2.45, 2.75) is 107 Å². The summed E-state index contributed by atoms with van der Waals surface area (Å²) in [5, 5.41) is 10.1. The SMILES string of the molecule is CC(C)CCCCCCCSCC(=O)[O-].CC(C)[CH2][Sn+]([CH2]C(C)C)[CH2]C(C)C. The van der Waals surface area contributed by atoms with Gasteiger partial charge in [0.05, 0.1) is 5.97 Å². The molecule has 0 aromatic rings. The van der Waals surface area contributed by atoms with Gasteiger partial charge in [0, 0.05) is 5.75 Å². The second-order valence-electron chi connectivity index (χ2n) is 9.92. The zero-order valence-electron chi connectivity index (χ0n) is 20.3. The van der Waals surface area contributed by atoms with Gasteiger partial charge in [-0.15, -0.1) is 0 Å². The molecule has 0 aromatic heterocycles. The number of carbonyl (C=O) groups is 1. The molecule has 0 aliphatic carbocycles. The Morgan fingerprint density at radius 1 is 0.714 bits per heavy atom. The summed E-state index contributed by atoms with van der Waals surface area (Å²) < 4.78 is 4.83. The molecule has 4 heteroatoms. The number of hydrogen-bond acceptors (Lipinski definition) is 3. The molecule has 0 heterocycles. The van der Waals surface area contributed by atoms with Crippen LogP contribution in [0.5, 0.6) is 0 Å². The van der Waals surface area contributed by atoms with E-state index in [0.717, 1.165) is 35.8 Å². The summed E-state index contributed by atoms with van der Waals surface area (Å²) in [5.74, 6) is 3.83. The average Bonchev–Trinajstić information content (AvgIpc) is 2.51. The Balaban J connectivity index is 0. The predicted octanol–water partition coefficient (Wildman–Crippen LogP) is 6.92. The number of hydrogen-bond donors (Lipinski definition) is 0. The van der Waals surface area contributed by atoms with Crippen molar-refractivity contribution in [3.05, 3.63) is 0 Å². The summed E-state index contributed by atoms with van der Waals surface area (Å²) >= 11 is 0.492. The van der Waals surface area contributed by atoms with E-state index < -0.39 is 25.7 Å². The molecule has 0 spiro atoms. The van der Waals surface area contributed by atoms with Gasteiger partial charge in [-0.2, -0.15) is 11.8 Å². The molecule has 0 fully saturated rings. The van der Waals surface area contributed by atoms with E-state index in [1.54, 1.807) is 13.3 Å². The Kier molecular flexibility index (Phi) is 23.0. The topological polar surface area (TPSA) is 40.1 Å². The summed E-state index contributed by atoms with van der Waals surface area (Å²) in [4.78, 5) is 10.1. The molecule has 0 saturated heterocycles. The van der Waals surface area contributed by atoms with E-state index in [0.29, 0.717) is 0 Å². The van der Waals surface area contributed by atoms with E-state index in [1.807, 2.05) is 0 Å². The molecule has 0 aromatic carbocycles. The van der Waals surface area contributed by atoms with Crippen LogP contribution in [-0.2, 0) is 4.79 Å². The number of carboxylic acid groups (broad SMARTS) is 1. The molecule has 0 amide bonds. The first-order chi connectivity index (χ1) is 13.0. The van der Waals surface area contributed by atoms with Crippen LogP contribution in [0.4, 0.5) is 0 Å². The van der Waals surface area contributed by atoms with E-state index in [-0.39, 0.29) is 5.75 Å². The van der Waals surface area contributed by atoms with Gasteiger partial charge in [0.25, 0.3) is 0 Å². The summed E-state index contributed by atoms with van der Waals surface area (Å²) in [6.45, 7) is 18.9. The van der Waals surface area contributed by atoms with E-state index in [9.17, 15) is 9.90 Å². The summed E-state index contributed by atoms with van der Waals surface area (Å²) in [6, 6.07) is 0. The third-order valence-corrected chi connectivity index (χ3v) is 17.3. The van der Waals surface area contributed by atoms with Crippen LogP contribution in [0.25, 0.3) is 0 Å². The second-order valence-corrected chi connectivity index (χ2v) is 18.8. The van der Waals surface area contributed by atoms with Gasteiger partial charge in [-0.1, -0.05) is 46.0 Å². The molecule has 0 radical (unpaired) electrons. The quantitative estimate of drug-likeness (QED) is 0.164. The van der Waals surface area contributed by atoms with Gasteiger partial charge in [-0.3, -0.25) is 0 Å². The summed E-state index contributed by atoms with van der Waals surface area (Å²) in [7, 11) is 0. The standard InChI is InChI=1S/C12H24O2S.3C4H9.Sn/c1-11(2)8-6-4-3-5-7-9-15-10-12(13)14;3*1-4(2)3;/h11H,3-10H2,1-2H3,(H,13,14);3*4H,1H2,2-3H3;/q;;;;+1/p-1. The molecule has 0 aliphatic rings. The van der Waals surface area contributed by atoms with E-state index >= 15 is 0 Å². The third-order valence-electron chi connectivity index (χ3n) is 4.38. The number of carboxylic acids is 1. The molecule has 0 rings (SSSR count). The fourth-order valence-corrected chi connectivity index (χ4v) is 15.5. The minimum atomic E-state index is -0.976. The van der Waals surface area contributed by atoms with Crippen molar-refractivity contribution in [3.63, 3.8) is 0 Å². The van der Waals surface area contributed by atoms with Gasteiger partial charge in [0.2, 0.25) is 0 Å². The van der Waals surface area contributed by atoms with Crippen LogP contribution in [0.15, 0.2) is 0 Å². The number of aliphatic carboxylic acids is 1. The number of rotatable bonds is 16. The molecular formula is C24H50O2SSn. The van der Waals surface area contributed by atoms with Crippen LogP contribution in [0.2, 0.25) is 13.3 Å². The number of carbonyl (C=O) groups excluding carboxylic acids is 1. The second kappa shape index (κ2) is 20.9. The van der Waals surface area contributed by atoms with Gasteiger partial charge in [0.1, 0.15) is 0 Å². The van der Waals surface area contributed by atoms with Crippen molar-refractivity contribution >= 4 is 37.5 Å². The Morgan fingerprint density at radius 2 is 1.14 bits per heavy atom. The summed E-state index contributed by atoms with van der Waals surface area (Å²) in [6.07, 6.45) is 7.66. The zero-order chi connectivity index (χ0) is 21.9. The fourth-order valence-electron chi connectivity index (χ4n) is 3.42. The van der Waals surface area contributed by atoms with Crippen molar-refractivity contribution in [2.75, 3.05) is 11.5 Å². The Bertz CT molecular complexity index is 320. The zero-order valence-corrected chi connectivity index (χ0v) is 24.0. The summed E-state index contributed by atoms with van der Waals surface area (Å²) in [5.41, 5.74) is 0. The predicted molar refractivity (Wildman–Crippen MR) is 130 cm³/mol. The molecule has 0 atom stereocenters. The van der Waals surface area contributed by atoms with Crippen molar-refractivity contribution in [2.24, 2.45) is 23.7 Å². The van der Waals surface area contributed by atoms with Crippen LogP contribution in [0, 0.1) is 23.7 Å². The Labute approximate surface area is 189 Å². The normalized spacial score (nSPS) is 11.3. The van der Waals surface area contributed by atoms with Crippen LogP contribution in [-0.4, -0.2) is 37.2 Å². The van der Waals surface area contributed by atoms with E-state index in [4.69, 9.17) is 0 Å². The average molecular weight is 521 g/mol. The van der Waals surface area contributed by atoms with Gasteiger partial charge in [-0.05, 0) is 18.1 Å². The van der Waals surface area contributed by atoms with Crippen molar-refractivity contribution in [1.82, 2.24) is 0 Å². The molecule has 28 heavy (non-hydrogen) atoms. The van der Waals surface area contributed by atoms with Crippen LogP contribution < -0.4 is 5.11 Å². The first-order valence-corrected chi connectivity index (χ1v) is 18.9. The van der Waals surface area contributed by atoms with Crippen LogP contribution in [0.1, 0.15) is 93.9 Å². The Hall–Kier alpha value is 0.619. The Morgan fingerprint density at radius 3 is 1.54 bits per heavy atom. The van der Waals surface area contributed by atoms with Crippen molar-refractivity contribution in [3.8, 4) is 0 Å². The van der Waals surface area contributed by atoms with Gasteiger partial charge in [-0.25, -0.2) is 0 Å². The van der Waals surface area contributed by atoms with Crippen molar-refractivity contribution in [1.29, 1.82) is 0 Å². The van der Waals surface area contributed by atoms with Crippen LogP contribution in [0.3, 0.4) is 0 Å². The molecule has 2 nitrogen and oxygen atoms in total. The molecule has 0 saturated carbocycles. The van der Waals surface area contributed by atoms with E-state index in [1.165, 1.54) is 43.9 Å². The molecule has 0 bridgehead atoms. The molecule has 0 unspecified atom stereocenters. The first-order valence-electron chi connectivity index (χ1n) is 11.7. The molecular weight excluding hydrogens is 471 g/mol. The van der Waals surface area contributed by atoms with Gasteiger partial charge >= 0.3 is 92.4 Å². The third kappa shape index (κ3) is 28.8.